The van der Waals surface area contributed by atoms with E-state index in [1.807, 2.05) is 6.92 Å². The van der Waals surface area contributed by atoms with Crippen LogP contribution in [0, 0.1) is 5.82 Å². The molecule has 0 spiro atoms. The third kappa shape index (κ3) is 4.87. The Balaban J connectivity index is 1.39. The Bertz CT molecular complexity index is 1690. The molecule has 7 nitrogen and oxygen atoms in total. The number of thioether (sulfide) groups is 1. The van der Waals surface area contributed by atoms with Crippen molar-refractivity contribution in [2.24, 2.45) is 0 Å². The first-order chi connectivity index (χ1) is 19.3. The number of nitrogens with zero attached hydrogens (tertiary/aromatic N) is 3. The number of hydrogen-bond acceptors (Lipinski definition) is 8. The number of Topliss-reactive ketones (excluding diaryl/α,β-unsaturated/α-hetero) is 1. The lowest BCUT2D eigenvalue weighted by molar-refractivity contribution is -0.132. The van der Waals surface area contributed by atoms with E-state index < -0.39 is 17.7 Å². The van der Waals surface area contributed by atoms with Crippen molar-refractivity contribution in [3.05, 3.63) is 105 Å². The van der Waals surface area contributed by atoms with E-state index in [0.29, 0.717) is 38.2 Å². The molecular formula is C29H21ClFN3O4S2. The van der Waals surface area contributed by atoms with Gasteiger partial charge < -0.3 is 9.84 Å². The smallest absolute Gasteiger partial charge is 0.301 e. The monoisotopic (exact) mass is 593 g/mol. The molecule has 6 rings (SSSR count). The molecule has 40 heavy (non-hydrogen) atoms. The van der Waals surface area contributed by atoms with Gasteiger partial charge in [-0.25, -0.2) is 4.39 Å². The molecule has 2 atom stereocenters. The third-order valence-corrected chi connectivity index (χ3v) is 9.03. The maximum atomic E-state index is 14.1. The lowest BCUT2D eigenvalue weighted by Gasteiger charge is -2.22. The Morgan fingerprint density at radius 2 is 1.98 bits per heavy atom. The van der Waals surface area contributed by atoms with Gasteiger partial charge in [0.05, 0.1) is 11.6 Å². The number of rotatable bonds is 6. The van der Waals surface area contributed by atoms with Gasteiger partial charge in [-0.3, -0.25) is 14.5 Å². The van der Waals surface area contributed by atoms with E-state index in [0.717, 1.165) is 22.6 Å². The van der Waals surface area contributed by atoms with E-state index in [9.17, 15) is 19.1 Å². The first-order valence-electron chi connectivity index (χ1n) is 12.4. The van der Waals surface area contributed by atoms with Gasteiger partial charge in [0.1, 0.15) is 23.4 Å². The summed E-state index contributed by atoms with van der Waals surface area (Å²) in [6.45, 7) is 1.95. The average Bonchev–Trinajstić information content (AvgIpc) is 3.63. The Labute approximate surface area is 242 Å². The molecule has 202 valence electrons. The van der Waals surface area contributed by atoms with Crippen LogP contribution in [0.5, 0.6) is 5.75 Å². The van der Waals surface area contributed by atoms with Crippen molar-refractivity contribution in [1.29, 1.82) is 0 Å². The van der Waals surface area contributed by atoms with E-state index in [2.05, 4.69) is 10.2 Å². The predicted molar refractivity (Wildman–Crippen MR) is 152 cm³/mol. The highest BCUT2D eigenvalue weighted by molar-refractivity contribution is 8.00. The lowest BCUT2D eigenvalue weighted by Crippen LogP contribution is -2.29. The van der Waals surface area contributed by atoms with Crippen molar-refractivity contribution in [2.45, 2.75) is 35.6 Å². The maximum Gasteiger partial charge on any atom is 0.301 e. The van der Waals surface area contributed by atoms with Crippen LogP contribution in [-0.4, -0.2) is 33.1 Å². The van der Waals surface area contributed by atoms with Crippen molar-refractivity contribution in [1.82, 2.24) is 10.2 Å². The third-order valence-electron chi connectivity index (χ3n) is 6.69. The zero-order chi connectivity index (χ0) is 28.0. The summed E-state index contributed by atoms with van der Waals surface area (Å²) in [5.41, 5.74) is 2.28. The minimum absolute atomic E-state index is 0.00675. The number of aliphatic hydroxyl groups is 1. The number of carbonyl (C=O) groups excluding carboxylic acids is 2. The van der Waals surface area contributed by atoms with Gasteiger partial charge in [-0.15, -0.1) is 10.2 Å². The van der Waals surface area contributed by atoms with Crippen LogP contribution >= 0.6 is 34.7 Å². The molecule has 0 bridgehead atoms. The van der Waals surface area contributed by atoms with Crippen molar-refractivity contribution < 1.29 is 23.8 Å². The summed E-state index contributed by atoms with van der Waals surface area (Å²) in [5.74, 6) is -1.26. The van der Waals surface area contributed by atoms with Gasteiger partial charge >= 0.3 is 5.91 Å². The second-order valence-electron chi connectivity index (χ2n) is 9.41. The molecule has 2 aliphatic heterocycles. The summed E-state index contributed by atoms with van der Waals surface area (Å²) in [5, 5.41) is 20.4. The predicted octanol–water partition coefficient (Wildman–Crippen LogP) is 6.57. The van der Waals surface area contributed by atoms with E-state index in [-0.39, 0.29) is 28.4 Å². The van der Waals surface area contributed by atoms with Crippen LogP contribution in [0.3, 0.4) is 0 Å². The minimum atomic E-state index is -0.987. The lowest BCUT2D eigenvalue weighted by atomic mass is 9.94. The first-order valence-corrected chi connectivity index (χ1v) is 14.5. The van der Waals surface area contributed by atoms with Gasteiger partial charge in [0, 0.05) is 22.8 Å². The molecule has 1 N–H and O–H groups in total. The van der Waals surface area contributed by atoms with E-state index in [1.54, 1.807) is 60.7 Å². The number of amides is 1. The molecule has 3 aromatic carbocycles. The first kappa shape index (κ1) is 26.5. The summed E-state index contributed by atoms with van der Waals surface area (Å²) < 4.78 is 20.3. The molecule has 0 unspecified atom stereocenters. The van der Waals surface area contributed by atoms with E-state index in [4.69, 9.17) is 16.3 Å². The fourth-order valence-electron chi connectivity index (χ4n) is 4.86. The molecular weight excluding hydrogens is 573 g/mol. The SMILES string of the molecule is C[C@H]1Cc2cc(C(O)=C3C(=O)C(=O)N(c4nnc(SCc5ccccc5F)s4)[C@H]3c3cccc(Cl)c3)ccc2O1. The number of aromatic nitrogens is 2. The van der Waals surface area contributed by atoms with Gasteiger partial charge in [0.25, 0.3) is 5.78 Å². The number of ketones is 1. The summed E-state index contributed by atoms with van der Waals surface area (Å²) in [4.78, 5) is 28.1. The Morgan fingerprint density at radius 3 is 2.77 bits per heavy atom. The molecule has 1 aromatic heterocycles. The summed E-state index contributed by atoms with van der Waals surface area (Å²) in [7, 11) is 0. The molecule has 2 aliphatic rings. The second kappa shape index (κ2) is 10.7. The number of benzene rings is 3. The normalized spacial score (nSPS) is 19.6. The number of hydrogen-bond donors (Lipinski definition) is 1. The largest absolute Gasteiger partial charge is 0.507 e. The van der Waals surface area contributed by atoms with Crippen LogP contribution < -0.4 is 9.64 Å². The standard InChI is InChI=1S/C29H21ClFN3O4S2/c1-15-11-19-12-17(9-10-22(19)38-15)25(35)23-24(16-6-4-7-20(30)13-16)34(27(37)26(23)36)28-32-33-29(40-28)39-14-18-5-2-3-8-21(18)31/h2-10,12-13,15,24,35H,11,14H2,1H3/t15-,24-/m0/s1. The zero-order valence-corrected chi connectivity index (χ0v) is 23.4. The highest BCUT2D eigenvalue weighted by atomic mass is 35.5. The summed E-state index contributed by atoms with van der Waals surface area (Å²) in [6.07, 6.45) is 0.674. The average molecular weight is 594 g/mol. The highest BCUT2D eigenvalue weighted by Crippen LogP contribution is 2.45. The molecule has 1 amide bonds. The van der Waals surface area contributed by atoms with Crippen LogP contribution in [0.4, 0.5) is 9.52 Å². The molecule has 3 heterocycles. The Morgan fingerprint density at radius 1 is 1.15 bits per heavy atom. The maximum absolute atomic E-state index is 14.1. The summed E-state index contributed by atoms with van der Waals surface area (Å²) >= 11 is 8.67. The zero-order valence-electron chi connectivity index (χ0n) is 21.0. The van der Waals surface area contributed by atoms with Crippen LogP contribution in [0.2, 0.25) is 5.02 Å². The molecule has 0 saturated carbocycles. The number of carbonyl (C=O) groups is 2. The fraction of sp³-hybridized carbons (Fsp3) is 0.172. The van der Waals surface area contributed by atoms with Crippen LogP contribution in [0.15, 0.2) is 76.6 Å². The molecule has 1 saturated heterocycles. The Hall–Kier alpha value is -3.73. The van der Waals surface area contributed by atoms with E-state index >= 15 is 0 Å². The molecule has 0 radical (unpaired) electrons. The van der Waals surface area contributed by atoms with Gasteiger partial charge in [0.15, 0.2) is 4.34 Å². The highest BCUT2D eigenvalue weighted by Gasteiger charge is 2.48. The van der Waals surface area contributed by atoms with Crippen molar-refractivity contribution >= 4 is 57.3 Å². The summed E-state index contributed by atoms with van der Waals surface area (Å²) in [6, 6.07) is 17.4. The van der Waals surface area contributed by atoms with Gasteiger partial charge in [-0.2, -0.15) is 0 Å². The van der Waals surface area contributed by atoms with Crippen molar-refractivity contribution in [2.75, 3.05) is 4.90 Å². The van der Waals surface area contributed by atoms with E-state index in [1.165, 1.54) is 22.7 Å². The number of aliphatic hydroxyl groups excluding tert-OH is 1. The Kier molecular flexibility index (Phi) is 7.07. The second-order valence-corrected chi connectivity index (χ2v) is 12.0. The van der Waals surface area contributed by atoms with Crippen LogP contribution in [0.1, 0.15) is 35.2 Å². The number of fused-ring (bicyclic) bond motifs is 1. The van der Waals surface area contributed by atoms with Gasteiger partial charge in [0.2, 0.25) is 5.13 Å². The van der Waals surface area contributed by atoms with Gasteiger partial charge in [-0.05, 0) is 60.0 Å². The number of halogens is 2. The van der Waals surface area contributed by atoms with Crippen molar-refractivity contribution in [3.8, 4) is 5.75 Å². The quantitative estimate of drug-likeness (QED) is 0.0888. The molecule has 0 aliphatic carbocycles. The molecule has 1 fully saturated rings. The topological polar surface area (TPSA) is 92.6 Å². The number of ether oxygens (including phenoxy) is 1. The molecule has 11 heteroatoms. The number of anilines is 1. The van der Waals surface area contributed by atoms with Crippen LogP contribution in [0.25, 0.3) is 5.76 Å². The fourth-order valence-corrected chi connectivity index (χ4v) is 6.91. The minimum Gasteiger partial charge on any atom is -0.507 e. The van der Waals surface area contributed by atoms with Crippen molar-refractivity contribution in [3.63, 3.8) is 0 Å². The molecule has 4 aromatic rings. The van der Waals surface area contributed by atoms with Gasteiger partial charge in [-0.1, -0.05) is 65.0 Å². The van der Waals surface area contributed by atoms with Crippen LogP contribution in [-0.2, 0) is 21.8 Å².